The number of para-hydroxylation sites is 2. The molecule has 1 aromatic heterocycles. The Morgan fingerprint density at radius 1 is 1.12 bits per heavy atom. The van der Waals surface area contributed by atoms with Gasteiger partial charge >= 0.3 is 0 Å². The van der Waals surface area contributed by atoms with Gasteiger partial charge < -0.3 is 9.30 Å². The van der Waals surface area contributed by atoms with Crippen molar-refractivity contribution in [2.24, 2.45) is 0 Å². The third-order valence-electron chi connectivity index (χ3n) is 4.15. The number of nitriles is 1. The summed E-state index contributed by atoms with van der Waals surface area (Å²) in [6.45, 7) is 0.730. The predicted molar refractivity (Wildman–Crippen MR) is 94.2 cm³/mol. The fourth-order valence-electron chi connectivity index (χ4n) is 2.96. The quantitative estimate of drug-likeness (QED) is 0.723. The molecule has 0 atom stereocenters. The molecule has 0 aliphatic rings. The van der Waals surface area contributed by atoms with E-state index in [4.69, 9.17) is 4.74 Å². The summed E-state index contributed by atoms with van der Waals surface area (Å²) in [5.74, 6) is 0.889. The second-order valence-corrected chi connectivity index (χ2v) is 5.61. The molecule has 0 saturated heterocycles. The van der Waals surface area contributed by atoms with Crippen molar-refractivity contribution in [3.05, 3.63) is 76.1 Å². The Balaban J connectivity index is 1.87. The van der Waals surface area contributed by atoms with Crippen LogP contribution in [0.15, 0.2) is 59.5 Å². The topological polar surface area (TPSA) is 55.0 Å². The molecule has 0 aliphatic carbocycles. The van der Waals surface area contributed by atoms with Gasteiger partial charge in [-0.2, -0.15) is 5.26 Å². The van der Waals surface area contributed by atoms with Crippen LogP contribution < -0.4 is 10.2 Å². The van der Waals surface area contributed by atoms with Gasteiger partial charge in [-0.3, -0.25) is 4.79 Å². The van der Waals surface area contributed by atoms with Gasteiger partial charge in [-0.1, -0.05) is 30.3 Å². The van der Waals surface area contributed by atoms with Crippen molar-refractivity contribution in [1.29, 1.82) is 5.26 Å². The van der Waals surface area contributed by atoms with Crippen LogP contribution in [0.4, 0.5) is 0 Å². The van der Waals surface area contributed by atoms with E-state index in [0.717, 1.165) is 36.2 Å². The van der Waals surface area contributed by atoms with Crippen LogP contribution in [0.5, 0.6) is 5.75 Å². The van der Waals surface area contributed by atoms with Crippen LogP contribution in [0.1, 0.15) is 17.5 Å². The molecule has 0 radical (unpaired) electrons. The molecule has 120 valence electrons. The number of pyridine rings is 1. The van der Waals surface area contributed by atoms with Gasteiger partial charge in [0, 0.05) is 18.1 Å². The van der Waals surface area contributed by atoms with Crippen molar-refractivity contribution in [2.75, 3.05) is 7.11 Å². The summed E-state index contributed by atoms with van der Waals surface area (Å²) in [5.41, 5.74) is 2.01. The van der Waals surface area contributed by atoms with Crippen molar-refractivity contribution >= 4 is 10.9 Å². The van der Waals surface area contributed by atoms with Gasteiger partial charge in [0.25, 0.3) is 0 Å². The Labute approximate surface area is 140 Å². The fraction of sp³-hybridized carbons (Fsp3) is 0.200. The monoisotopic (exact) mass is 318 g/mol. The Kier molecular flexibility index (Phi) is 4.62. The summed E-state index contributed by atoms with van der Waals surface area (Å²) in [5, 5.41) is 9.79. The number of aromatic nitrogens is 1. The minimum Gasteiger partial charge on any atom is -0.496 e. The van der Waals surface area contributed by atoms with Gasteiger partial charge in [0.05, 0.1) is 12.6 Å². The van der Waals surface area contributed by atoms with Crippen molar-refractivity contribution in [3.63, 3.8) is 0 Å². The molecule has 0 amide bonds. The van der Waals surface area contributed by atoms with Crippen LogP contribution in [0, 0.1) is 11.3 Å². The minimum atomic E-state index is -0.200. The highest BCUT2D eigenvalue weighted by Crippen LogP contribution is 2.20. The highest BCUT2D eigenvalue weighted by atomic mass is 16.5. The number of hydrogen-bond donors (Lipinski definition) is 0. The first-order chi connectivity index (χ1) is 11.7. The van der Waals surface area contributed by atoms with E-state index in [2.05, 4.69) is 6.07 Å². The maximum atomic E-state index is 12.2. The molecule has 0 spiro atoms. The highest BCUT2D eigenvalue weighted by Gasteiger charge is 2.08. The van der Waals surface area contributed by atoms with Gasteiger partial charge in [0.2, 0.25) is 5.43 Å². The molecule has 24 heavy (non-hydrogen) atoms. The van der Waals surface area contributed by atoms with E-state index in [1.54, 1.807) is 19.4 Å². The molecule has 1 heterocycles. The molecule has 0 aliphatic heterocycles. The van der Waals surface area contributed by atoms with Crippen molar-refractivity contribution in [2.45, 2.75) is 19.4 Å². The molecule has 4 heteroatoms. The number of ether oxygens (including phenoxy) is 1. The van der Waals surface area contributed by atoms with Gasteiger partial charge in [0.15, 0.2) is 0 Å². The van der Waals surface area contributed by atoms with E-state index in [1.807, 2.05) is 47.0 Å². The van der Waals surface area contributed by atoms with Crippen molar-refractivity contribution < 1.29 is 4.74 Å². The molecule has 0 N–H and O–H groups in total. The lowest BCUT2D eigenvalue weighted by Gasteiger charge is -2.12. The second-order valence-electron chi connectivity index (χ2n) is 5.61. The van der Waals surface area contributed by atoms with E-state index in [0.29, 0.717) is 5.39 Å². The predicted octanol–water partition coefficient (Wildman–Crippen LogP) is 3.51. The van der Waals surface area contributed by atoms with E-state index in [1.165, 1.54) is 0 Å². The van der Waals surface area contributed by atoms with Crippen molar-refractivity contribution in [3.8, 4) is 11.8 Å². The molecule has 0 saturated carbocycles. The molecule has 0 unspecified atom stereocenters. The Hall–Kier alpha value is -3.06. The number of aryl methyl sites for hydroxylation is 2. The number of benzene rings is 2. The standard InChI is InChI=1S/C20H18N2O2/c1-24-19-11-5-2-7-15(19)8-6-12-22-14-16(13-21)20(23)17-9-3-4-10-18(17)22/h2-5,7,9-11,14H,6,8,12H2,1H3. The van der Waals surface area contributed by atoms with E-state index in [-0.39, 0.29) is 11.0 Å². The highest BCUT2D eigenvalue weighted by molar-refractivity contribution is 5.80. The van der Waals surface area contributed by atoms with Crippen molar-refractivity contribution in [1.82, 2.24) is 4.57 Å². The number of fused-ring (bicyclic) bond motifs is 1. The van der Waals surface area contributed by atoms with Gasteiger partial charge in [-0.15, -0.1) is 0 Å². The summed E-state index contributed by atoms with van der Waals surface area (Å²) in [6.07, 6.45) is 3.41. The van der Waals surface area contributed by atoms with E-state index >= 15 is 0 Å². The lowest BCUT2D eigenvalue weighted by Crippen LogP contribution is -2.13. The zero-order valence-corrected chi connectivity index (χ0v) is 13.5. The lowest BCUT2D eigenvalue weighted by atomic mass is 10.1. The molecular weight excluding hydrogens is 300 g/mol. The molecule has 4 nitrogen and oxygen atoms in total. The van der Waals surface area contributed by atoms with Gasteiger partial charge in [0.1, 0.15) is 17.4 Å². The van der Waals surface area contributed by atoms with Crippen LogP contribution in [0.2, 0.25) is 0 Å². The summed E-state index contributed by atoms with van der Waals surface area (Å²) in [6, 6.07) is 17.4. The molecule has 0 fully saturated rings. The number of nitrogens with zero attached hydrogens (tertiary/aromatic N) is 2. The summed E-state index contributed by atoms with van der Waals surface area (Å²) >= 11 is 0. The van der Waals surface area contributed by atoms with Crippen LogP contribution >= 0.6 is 0 Å². The van der Waals surface area contributed by atoms with Crippen LogP contribution in [-0.2, 0) is 13.0 Å². The SMILES string of the molecule is COc1ccccc1CCCn1cc(C#N)c(=O)c2ccccc21. The third kappa shape index (κ3) is 3.02. The third-order valence-corrected chi connectivity index (χ3v) is 4.15. The largest absolute Gasteiger partial charge is 0.496 e. The lowest BCUT2D eigenvalue weighted by molar-refractivity contribution is 0.408. The Morgan fingerprint density at radius 3 is 2.67 bits per heavy atom. The zero-order valence-electron chi connectivity index (χ0n) is 13.5. The summed E-state index contributed by atoms with van der Waals surface area (Å²) in [7, 11) is 1.67. The fourth-order valence-corrected chi connectivity index (χ4v) is 2.96. The van der Waals surface area contributed by atoms with Crippen LogP contribution in [-0.4, -0.2) is 11.7 Å². The Bertz CT molecular complexity index is 967. The Morgan fingerprint density at radius 2 is 1.88 bits per heavy atom. The molecule has 3 aromatic rings. The van der Waals surface area contributed by atoms with E-state index in [9.17, 15) is 10.1 Å². The maximum Gasteiger partial charge on any atom is 0.207 e. The first kappa shape index (κ1) is 15.8. The summed E-state index contributed by atoms with van der Waals surface area (Å²) < 4.78 is 7.37. The van der Waals surface area contributed by atoms with Crippen LogP contribution in [0.25, 0.3) is 10.9 Å². The number of rotatable bonds is 5. The van der Waals surface area contributed by atoms with Gasteiger partial charge in [-0.25, -0.2) is 0 Å². The molecule has 3 rings (SSSR count). The van der Waals surface area contributed by atoms with Crippen LogP contribution in [0.3, 0.4) is 0 Å². The smallest absolute Gasteiger partial charge is 0.207 e. The minimum absolute atomic E-state index is 0.186. The van der Waals surface area contributed by atoms with E-state index < -0.39 is 0 Å². The average molecular weight is 318 g/mol. The molecular formula is C20H18N2O2. The first-order valence-electron chi connectivity index (χ1n) is 7.89. The number of hydrogen-bond acceptors (Lipinski definition) is 3. The van der Waals surface area contributed by atoms with Gasteiger partial charge in [-0.05, 0) is 36.6 Å². The molecule has 0 bridgehead atoms. The average Bonchev–Trinajstić information content (AvgIpc) is 2.64. The summed E-state index contributed by atoms with van der Waals surface area (Å²) in [4.78, 5) is 12.2. The first-order valence-corrected chi connectivity index (χ1v) is 7.89. The normalized spacial score (nSPS) is 10.5. The maximum absolute atomic E-state index is 12.2. The zero-order chi connectivity index (χ0) is 16.9. The molecule has 2 aromatic carbocycles. The second kappa shape index (κ2) is 7.01. The number of methoxy groups -OCH3 is 1.